The molecule has 0 saturated carbocycles. The number of anilines is 1. The van der Waals surface area contributed by atoms with Gasteiger partial charge in [-0.15, -0.1) is 0 Å². The summed E-state index contributed by atoms with van der Waals surface area (Å²) in [6.45, 7) is 4.01. The fraction of sp³-hybridized carbons (Fsp3) is 0.121. The van der Waals surface area contributed by atoms with Crippen molar-refractivity contribution in [3.05, 3.63) is 138 Å². The molecule has 8 heteroatoms. The van der Waals surface area contributed by atoms with E-state index < -0.39 is 5.97 Å². The number of aryl methyl sites for hydroxylation is 1. The highest BCUT2D eigenvalue weighted by atomic mass is 32.1. The molecule has 1 aliphatic heterocycles. The van der Waals surface area contributed by atoms with Gasteiger partial charge in [0.25, 0.3) is 0 Å². The highest BCUT2D eigenvalue weighted by Crippen LogP contribution is 2.44. The van der Waals surface area contributed by atoms with Gasteiger partial charge in [-0.2, -0.15) is 0 Å². The highest BCUT2D eigenvalue weighted by molar-refractivity contribution is 7.80. The number of nitrogens with zero attached hydrogens (tertiary/aromatic N) is 3. The van der Waals surface area contributed by atoms with Crippen LogP contribution in [0.25, 0.3) is 5.69 Å². The van der Waals surface area contributed by atoms with E-state index in [9.17, 15) is 9.90 Å². The van der Waals surface area contributed by atoms with E-state index in [1.54, 1.807) is 18.3 Å². The molecule has 3 heterocycles. The molecule has 6 rings (SSSR count). The van der Waals surface area contributed by atoms with Gasteiger partial charge in [-0.25, -0.2) is 4.79 Å². The molecular formula is C33H28N4O3S. The van der Waals surface area contributed by atoms with Gasteiger partial charge in [0.1, 0.15) is 11.5 Å². The topological polar surface area (TPSA) is 79.6 Å². The maximum absolute atomic E-state index is 12.1. The summed E-state index contributed by atoms with van der Waals surface area (Å²) in [6.07, 6.45) is 1.78. The Morgan fingerprint density at radius 3 is 2.29 bits per heavy atom. The summed E-state index contributed by atoms with van der Waals surface area (Å²) in [5, 5.41) is 14.0. The van der Waals surface area contributed by atoms with E-state index in [0.717, 1.165) is 39.8 Å². The van der Waals surface area contributed by atoms with Gasteiger partial charge in [-0.3, -0.25) is 4.98 Å². The minimum atomic E-state index is -0.968. The average Bonchev–Trinajstić information content (AvgIpc) is 3.49. The Morgan fingerprint density at radius 1 is 0.902 bits per heavy atom. The Bertz CT molecular complexity index is 1720. The lowest BCUT2D eigenvalue weighted by Crippen LogP contribution is -2.29. The monoisotopic (exact) mass is 560 g/mol. The number of carboxylic acid groups (broad SMARTS) is 1. The molecular weight excluding hydrogens is 532 g/mol. The number of carbonyl (C=O) groups is 1. The van der Waals surface area contributed by atoms with Crippen molar-refractivity contribution in [1.29, 1.82) is 0 Å². The van der Waals surface area contributed by atoms with Gasteiger partial charge in [0, 0.05) is 23.3 Å². The Labute approximate surface area is 243 Å². The highest BCUT2D eigenvalue weighted by Gasteiger charge is 2.42. The fourth-order valence-electron chi connectivity index (χ4n) is 5.56. The maximum atomic E-state index is 12.1. The minimum Gasteiger partial charge on any atom is -0.478 e. The van der Waals surface area contributed by atoms with E-state index in [-0.39, 0.29) is 17.6 Å². The van der Waals surface area contributed by atoms with Gasteiger partial charge < -0.3 is 24.6 Å². The van der Waals surface area contributed by atoms with Crippen LogP contribution in [0.4, 0.5) is 5.69 Å². The average molecular weight is 561 g/mol. The van der Waals surface area contributed by atoms with Crippen molar-refractivity contribution in [3.8, 4) is 17.2 Å². The summed E-state index contributed by atoms with van der Waals surface area (Å²) in [7, 11) is 0. The number of rotatable bonds is 7. The van der Waals surface area contributed by atoms with Crippen LogP contribution in [-0.2, 0) is 0 Å². The lowest BCUT2D eigenvalue weighted by Gasteiger charge is -2.28. The molecule has 0 bridgehead atoms. The first-order chi connectivity index (χ1) is 19.9. The first-order valence-corrected chi connectivity index (χ1v) is 13.7. The number of carboxylic acids is 1. The van der Waals surface area contributed by atoms with Crippen molar-refractivity contribution in [1.82, 2.24) is 14.9 Å². The second-order valence-electron chi connectivity index (χ2n) is 9.89. The number of benzene rings is 3. The molecule has 0 radical (unpaired) electrons. The minimum absolute atomic E-state index is 0.229. The number of aromatic carboxylic acids is 1. The van der Waals surface area contributed by atoms with Crippen molar-refractivity contribution in [2.45, 2.75) is 25.9 Å². The van der Waals surface area contributed by atoms with Crippen LogP contribution in [0.2, 0.25) is 0 Å². The van der Waals surface area contributed by atoms with Crippen molar-refractivity contribution in [2.24, 2.45) is 0 Å². The molecule has 1 saturated heterocycles. The molecule has 2 N–H and O–H groups in total. The lowest BCUT2D eigenvalue weighted by atomic mass is 9.96. The molecule has 0 unspecified atom stereocenters. The molecule has 41 heavy (non-hydrogen) atoms. The Hall–Kier alpha value is -4.95. The largest absolute Gasteiger partial charge is 0.478 e. The van der Waals surface area contributed by atoms with Crippen molar-refractivity contribution >= 4 is 29.0 Å². The first-order valence-electron chi connectivity index (χ1n) is 13.3. The third-order valence-electron chi connectivity index (χ3n) is 7.36. The second-order valence-corrected chi connectivity index (χ2v) is 10.3. The molecule has 0 amide bonds. The zero-order chi connectivity index (χ0) is 28.5. The SMILES string of the molecule is Cc1cc([C@@H]2[C@H](c3ccccn3)NC(=S)N2c2ccc(Oc3ccccc3)cc2)c(C)n1-c1ccccc1C(=O)O. The van der Waals surface area contributed by atoms with E-state index >= 15 is 0 Å². The normalized spacial score (nSPS) is 16.4. The molecule has 1 fully saturated rings. The Kier molecular flexibility index (Phi) is 6.99. The zero-order valence-corrected chi connectivity index (χ0v) is 23.4. The predicted octanol–water partition coefficient (Wildman–Crippen LogP) is 7.16. The number of nitrogens with one attached hydrogen (secondary N) is 1. The van der Waals surface area contributed by atoms with Crippen LogP contribution >= 0.6 is 12.2 Å². The molecule has 2 atom stereocenters. The van der Waals surface area contributed by atoms with Crippen LogP contribution < -0.4 is 15.0 Å². The number of ether oxygens (including phenoxy) is 1. The van der Waals surface area contributed by atoms with Gasteiger partial charge >= 0.3 is 5.97 Å². The Balaban J connectivity index is 1.44. The predicted molar refractivity (Wildman–Crippen MR) is 163 cm³/mol. The van der Waals surface area contributed by atoms with E-state index in [1.807, 2.05) is 103 Å². The molecule has 2 aromatic heterocycles. The van der Waals surface area contributed by atoms with Crippen molar-refractivity contribution in [2.75, 3.05) is 4.90 Å². The molecule has 0 spiro atoms. The third kappa shape index (κ3) is 4.94. The van der Waals surface area contributed by atoms with Crippen LogP contribution in [0.15, 0.2) is 109 Å². The fourth-order valence-corrected chi connectivity index (χ4v) is 5.90. The van der Waals surface area contributed by atoms with Crippen molar-refractivity contribution < 1.29 is 14.6 Å². The van der Waals surface area contributed by atoms with Crippen LogP contribution in [-0.4, -0.2) is 25.7 Å². The molecule has 0 aliphatic carbocycles. The van der Waals surface area contributed by atoms with Crippen LogP contribution in [0.3, 0.4) is 0 Å². The quantitative estimate of drug-likeness (QED) is 0.205. The van der Waals surface area contributed by atoms with Crippen LogP contribution in [0.1, 0.15) is 45.1 Å². The van der Waals surface area contributed by atoms with Gasteiger partial charge in [-0.05, 0) is 98.4 Å². The summed E-state index contributed by atoms with van der Waals surface area (Å²) in [5.41, 5.74) is 5.52. The van der Waals surface area contributed by atoms with Crippen molar-refractivity contribution in [3.63, 3.8) is 0 Å². The lowest BCUT2D eigenvalue weighted by molar-refractivity contribution is 0.0697. The second kappa shape index (κ2) is 10.9. The smallest absolute Gasteiger partial charge is 0.337 e. The van der Waals surface area contributed by atoms with E-state index in [2.05, 4.69) is 21.3 Å². The Morgan fingerprint density at radius 2 is 1.59 bits per heavy atom. The van der Waals surface area contributed by atoms with E-state index in [0.29, 0.717) is 10.8 Å². The molecule has 1 aliphatic rings. The number of para-hydroxylation sites is 2. The molecule has 3 aromatic carbocycles. The standard InChI is InChI=1S/C33H28N4O3S/c1-21-20-27(22(2)36(21)29-14-7-6-12-26(29)32(38)39)31-30(28-13-8-9-19-34-28)35-33(41)37(31)23-15-17-25(18-16-23)40-24-10-4-3-5-11-24/h3-20,30-31H,1-2H3,(H,35,41)(H,38,39)/t30-,31+/m0/s1. The van der Waals surface area contributed by atoms with Gasteiger partial charge in [0.2, 0.25) is 0 Å². The van der Waals surface area contributed by atoms with Gasteiger partial charge in [0.05, 0.1) is 29.0 Å². The summed E-state index contributed by atoms with van der Waals surface area (Å²) < 4.78 is 8.02. The summed E-state index contributed by atoms with van der Waals surface area (Å²) >= 11 is 5.92. The summed E-state index contributed by atoms with van der Waals surface area (Å²) in [5.74, 6) is 0.518. The summed E-state index contributed by atoms with van der Waals surface area (Å²) in [4.78, 5) is 18.8. The molecule has 7 nitrogen and oxygen atoms in total. The number of hydrogen-bond acceptors (Lipinski definition) is 4. The van der Waals surface area contributed by atoms with Gasteiger partial charge in [0.15, 0.2) is 5.11 Å². The summed E-state index contributed by atoms with van der Waals surface area (Å²) in [6, 6.07) is 32.1. The third-order valence-corrected chi connectivity index (χ3v) is 7.67. The molecule has 5 aromatic rings. The maximum Gasteiger partial charge on any atom is 0.337 e. The number of hydrogen-bond donors (Lipinski definition) is 2. The number of aromatic nitrogens is 2. The van der Waals surface area contributed by atoms with E-state index in [1.165, 1.54) is 0 Å². The number of pyridine rings is 1. The van der Waals surface area contributed by atoms with Gasteiger partial charge in [-0.1, -0.05) is 36.4 Å². The van der Waals surface area contributed by atoms with Crippen LogP contribution in [0, 0.1) is 13.8 Å². The molecule has 204 valence electrons. The first kappa shape index (κ1) is 26.3. The number of thiocarbonyl (C=S) groups is 1. The van der Waals surface area contributed by atoms with E-state index in [4.69, 9.17) is 17.0 Å². The zero-order valence-electron chi connectivity index (χ0n) is 22.6. The van der Waals surface area contributed by atoms with Crippen LogP contribution in [0.5, 0.6) is 11.5 Å².